The fourth-order valence-corrected chi connectivity index (χ4v) is 2.28. The predicted molar refractivity (Wildman–Crippen MR) is 99.7 cm³/mol. The van der Waals surface area contributed by atoms with Crippen molar-refractivity contribution < 1.29 is 13.2 Å². The predicted octanol–water partition coefficient (Wildman–Crippen LogP) is 1.41. The summed E-state index contributed by atoms with van der Waals surface area (Å²) in [5, 5.41) is 6.28. The van der Waals surface area contributed by atoms with Crippen LogP contribution in [0.15, 0.2) is 34.2 Å². The number of guanidine groups is 1. The molecule has 0 radical (unpaired) electrons. The van der Waals surface area contributed by atoms with E-state index in [2.05, 4.69) is 15.6 Å². The molecule has 0 saturated carbocycles. The van der Waals surface area contributed by atoms with Crippen molar-refractivity contribution in [3.8, 4) is 0 Å². The Labute approximate surface area is 149 Å². The van der Waals surface area contributed by atoms with Gasteiger partial charge in [-0.2, -0.15) is 0 Å². The van der Waals surface area contributed by atoms with Gasteiger partial charge in [0.1, 0.15) is 0 Å². The van der Waals surface area contributed by atoms with E-state index in [1.807, 2.05) is 6.92 Å². The Morgan fingerprint density at radius 1 is 1.23 bits per heavy atom. The molecular formula is C14H24IN3O3S. The number of halogens is 1. The summed E-state index contributed by atoms with van der Waals surface area (Å²) in [6.07, 6.45) is 1.20. The second-order valence-corrected chi connectivity index (χ2v) is 6.48. The van der Waals surface area contributed by atoms with Crippen LogP contribution in [0.25, 0.3) is 0 Å². The van der Waals surface area contributed by atoms with Crippen molar-refractivity contribution in [2.75, 3.05) is 33.1 Å². The van der Waals surface area contributed by atoms with Crippen molar-refractivity contribution in [1.29, 1.82) is 0 Å². The maximum absolute atomic E-state index is 11.4. The first-order valence-corrected chi connectivity index (χ1v) is 8.67. The molecule has 1 aromatic rings. The van der Waals surface area contributed by atoms with Gasteiger partial charge in [0.05, 0.1) is 11.5 Å². The summed E-state index contributed by atoms with van der Waals surface area (Å²) in [6.45, 7) is 4.52. The van der Waals surface area contributed by atoms with Crippen molar-refractivity contribution in [3.05, 3.63) is 29.8 Å². The van der Waals surface area contributed by atoms with Gasteiger partial charge >= 0.3 is 0 Å². The van der Waals surface area contributed by atoms with Crippen molar-refractivity contribution in [3.63, 3.8) is 0 Å². The van der Waals surface area contributed by atoms with Crippen LogP contribution in [0.5, 0.6) is 0 Å². The van der Waals surface area contributed by atoms with Crippen molar-refractivity contribution >= 4 is 39.8 Å². The molecule has 0 heterocycles. The van der Waals surface area contributed by atoms with Gasteiger partial charge in [0.15, 0.2) is 15.8 Å². The third kappa shape index (κ3) is 7.95. The van der Waals surface area contributed by atoms with E-state index in [0.29, 0.717) is 37.2 Å². The first kappa shape index (κ1) is 21.1. The lowest BCUT2D eigenvalue weighted by Gasteiger charge is -2.12. The average Bonchev–Trinajstić information content (AvgIpc) is 2.46. The largest absolute Gasteiger partial charge is 0.380 e. The van der Waals surface area contributed by atoms with E-state index in [9.17, 15) is 8.42 Å². The molecule has 0 amide bonds. The summed E-state index contributed by atoms with van der Waals surface area (Å²) in [6, 6.07) is 6.79. The van der Waals surface area contributed by atoms with Crippen molar-refractivity contribution in [2.45, 2.75) is 18.4 Å². The Morgan fingerprint density at radius 2 is 1.86 bits per heavy atom. The van der Waals surface area contributed by atoms with Gasteiger partial charge < -0.3 is 15.4 Å². The SMILES string of the molecule is CCOCCNC(=NC)NCc1ccc(S(C)(=O)=O)cc1.I. The van der Waals surface area contributed by atoms with Gasteiger partial charge in [0, 0.05) is 33.0 Å². The molecule has 0 bridgehead atoms. The Morgan fingerprint density at radius 3 is 2.36 bits per heavy atom. The second kappa shape index (κ2) is 10.8. The fraction of sp³-hybridized carbons (Fsp3) is 0.500. The minimum absolute atomic E-state index is 0. The maximum Gasteiger partial charge on any atom is 0.191 e. The molecule has 22 heavy (non-hydrogen) atoms. The Hall–Kier alpha value is -0.870. The monoisotopic (exact) mass is 441 g/mol. The van der Waals surface area contributed by atoms with Crippen LogP contribution in [-0.2, 0) is 21.1 Å². The molecule has 0 aromatic heterocycles. The minimum atomic E-state index is -3.14. The standard InChI is InChI=1S/C14H23N3O3S.HI/c1-4-20-10-9-16-14(15-2)17-11-12-5-7-13(8-6-12)21(3,18)19;/h5-8H,4,9-11H2,1-3H3,(H2,15,16,17);1H. The first-order valence-electron chi connectivity index (χ1n) is 6.78. The number of sulfone groups is 1. The summed E-state index contributed by atoms with van der Waals surface area (Å²) >= 11 is 0. The molecule has 8 heteroatoms. The summed E-state index contributed by atoms with van der Waals surface area (Å²) < 4.78 is 28.0. The topological polar surface area (TPSA) is 79.8 Å². The lowest BCUT2D eigenvalue weighted by Crippen LogP contribution is -2.38. The number of aliphatic imine (C=N–C) groups is 1. The Bertz CT molecular complexity index is 559. The molecule has 0 aliphatic rings. The summed E-state index contributed by atoms with van der Waals surface area (Å²) in [5.41, 5.74) is 0.982. The van der Waals surface area contributed by atoms with Gasteiger partial charge in [0.25, 0.3) is 0 Å². The minimum Gasteiger partial charge on any atom is -0.380 e. The van der Waals surface area contributed by atoms with Crippen molar-refractivity contribution in [1.82, 2.24) is 10.6 Å². The average molecular weight is 441 g/mol. The number of ether oxygens (including phenoxy) is 1. The quantitative estimate of drug-likeness (QED) is 0.290. The Kier molecular flexibility index (Phi) is 10.4. The van der Waals surface area contributed by atoms with E-state index in [4.69, 9.17) is 4.74 Å². The molecule has 2 N–H and O–H groups in total. The molecule has 0 spiro atoms. The van der Waals surface area contributed by atoms with Crippen LogP contribution in [-0.4, -0.2) is 47.4 Å². The number of nitrogens with one attached hydrogen (secondary N) is 2. The third-order valence-electron chi connectivity index (χ3n) is 2.78. The molecule has 0 saturated heterocycles. The van der Waals surface area contributed by atoms with E-state index in [-0.39, 0.29) is 24.0 Å². The van der Waals surface area contributed by atoms with Crippen LogP contribution in [0.3, 0.4) is 0 Å². The van der Waals surface area contributed by atoms with Crippen LogP contribution in [0.1, 0.15) is 12.5 Å². The molecule has 1 rings (SSSR count). The fourth-order valence-electron chi connectivity index (χ4n) is 1.65. The highest BCUT2D eigenvalue weighted by molar-refractivity contribution is 14.0. The second-order valence-electron chi connectivity index (χ2n) is 4.47. The van der Waals surface area contributed by atoms with Crippen LogP contribution < -0.4 is 10.6 Å². The number of nitrogens with zero attached hydrogens (tertiary/aromatic N) is 1. The van der Waals surface area contributed by atoms with Gasteiger partial charge in [-0.05, 0) is 24.6 Å². The van der Waals surface area contributed by atoms with Crippen LogP contribution in [0, 0.1) is 0 Å². The van der Waals surface area contributed by atoms with Gasteiger partial charge in [0.2, 0.25) is 0 Å². The third-order valence-corrected chi connectivity index (χ3v) is 3.91. The molecular weight excluding hydrogens is 417 g/mol. The zero-order valence-corrected chi connectivity index (χ0v) is 16.3. The van der Waals surface area contributed by atoms with Crippen LogP contribution >= 0.6 is 24.0 Å². The van der Waals surface area contributed by atoms with E-state index < -0.39 is 9.84 Å². The van der Waals surface area contributed by atoms with Gasteiger partial charge in [-0.25, -0.2) is 8.42 Å². The highest BCUT2D eigenvalue weighted by Gasteiger charge is 2.06. The van der Waals surface area contributed by atoms with Gasteiger partial charge in [-0.1, -0.05) is 12.1 Å². The molecule has 0 fully saturated rings. The molecule has 6 nitrogen and oxygen atoms in total. The summed E-state index contributed by atoms with van der Waals surface area (Å²) in [7, 11) is -1.45. The van der Waals surface area contributed by atoms with Gasteiger partial charge in [-0.3, -0.25) is 4.99 Å². The normalized spacial score (nSPS) is 11.7. The van der Waals surface area contributed by atoms with Gasteiger partial charge in [-0.15, -0.1) is 24.0 Å². The van der Waals surface area contributed by atoms with Crippen LogP contribution in [0.4, 0.5) is 0 Å². The number of hydrogen-bond acceptors (Lipinski definition) is 4. The summed E-state index contributed by atoms with van der Waals surface area (Å²) in [4.78, 5) is 4.43. The zero-order chi connectivity index (χ0) is 15.7. The zero-order valence-electron chi connectivity index (χ0n) is 13.1. The van der Waals surface area contributed by atoms with Crippen molar-refractivity contribution in [2.24, 2.45) is 4.99 Å². The Balaban J connectivity index is 0.00000441. The highest BCUT2D eigenvalue weighted by atomic mass is 127. The smallest absolute Gasteiger partial charge is 0.191 e. The molecule has 0 aliphatic carbocycles. The molecule has 1 aromatic carbocycles. The summed E-state index contributed by atoms with van der Waals surface area (Å²) in [5.74, 6) is 0.682. The van der Waals surface area contributed by atoms with E-state index in [1.165, 1.54) is 6.26 Å². The van der Waals surface area contributed by atoms with E-state index in [1.54, 1.807) is 31.3 Å². The maximum atomic E-state index is 11.4. The van der Waals surface area contributed by atoms with E-state index in [0.717, 1.165) is 5.56 Å². The number of benzene rings is 1. The lowest BCUT2D eigenvalue weighted by molar-refractivity contribution is 0.152. The van der Waals surface area contributed by atoms with E-state index >= 15 is 0 Å². The molecule has 0 aliphatic heterocycles. The number of rotatable bonds is 7. The molecule has 0 unspecified atom stereocenters. The molecule has 0 atom stereocenters. The number of hydrogen-bond donors (Lipinski definition) is 2. The molecule has 126 valence electrons. The highest BCUT2D eigenvalue weighted by Crippen LogP contribution is 2.09. The lowest BCUT2D eigenvalue weighted by atomic mass is 10.2. The van der Waals surface area contributed by atoms with Crippen LogP contribution in [0.2, 0.25) is 0 Å². The first-order chi connectivity index (χ1) is 9.97.